The number of amides is 2. The number of benzene rings is 3. The Morgan fingerprint density at radius 1 is 1.05 bits per heavy atom. The van der Waals surface area contributed by atoms with Gasteiger partial charge in [0, 0.05) is 29.7 Å². The number of rotatable bonds is 5. The zero-order chi connectivity index (χ0) is 27.1. The van der Waals surface area contributed by atoms with Crippen molar-refractivity contribution in [2.45, 2.75) is 25.1 Å². The van der Waals surface area contributed by atoms with E-state index in [9.17, 15) is 27.2 Å². The van der Waals surface area contributed by atoms with E-state index in [4.69, 9.17) is 28.9 Å². The van der Waals surface area contributed by atoms with Crippen LogP contribution >= 0.6 is 23.2 Å². The van der Waals surface area contributed by atoms with E-state index in [0.717, 1.165) is 11.0 Å². The van der Waals surface area contributed by atoms with Gasteiger partial charge in [0.2, 0.25) is 5.91 Å². The van der Waals surface area contributed by atoms with Crippen molar-refractivity contribution in [3.63, 3.8) is 0 Å². The molecule has 4 rings (SSSR count). The predicted molar refractivity (Wildman–Crippen MR) is 136 cm³/mol. The highest BCUT2D eigenvalue weighted by molar-refractivity contribution is 6.35. The van der Waals surface area contributed by atoms with Gasteiger partial charge in [-0.05, 0) is 60.9 Å². The van der Waals surface area contributed by atoms with Crippen LogP contribution in [0.2, 0.25) is 10.0 Å². The fourth-order valence-electron chi connectivity index (χ4n) is 4.48. The van der Waals surface area contributed by atoms with Crippen LogP contribution in [-0.4, -0.2) is 37.6 Å². The maximum Gasteiger partial charge on any atom is 0.408 e. The molecule has 1 heterocycles. The lowest BCUT2D eigenvalue weighted by atomic mass is 10.00. The van der Waals surface area contributed by atoms with Crippen molar-refractivity contribution in [3.05, 3.63) is 81.6 Å². The summed E-state index contributed by atoms with van der Waals surface area (Å²) in [4.78, 5) is 27.2. The first-order valence-electron chi connectivity index (χ1n) is 11.2. The molecule has 1 atom stereocenters. The molecular weight excluding hydrogens is 533 g/mol. The molecule has 3 aromatic rings. The molecule has 0 spiro atoms. The topological polar surface area (TPSA) is 66.6 Å². The molecule has 0 aliphatic carbocycles. The molecular formula is C26H21Cl2F4N3O2. The fourth-order valence-corrected chi connectivity index (χ4v) is 4.95. The summed E-state index contributed by atoms with van der Waals surface area (Å²) < 4.78 is 56.3. The molecule has 1 aliphatic rings. The molecule has 0 unspecified atom stereocenters. The Morgan fingerprint density at radius 2 is 1.78 bits per heavy atom. The Hall–Kier alpha value is -3.30. The predicted octanol–water partition coefficient (Wildman–Crippen LogP) is 6.71. The molecule has 2 N–H and O–H groups in total. The summed E-state index contributed by atoms with van der Waals surface area (Å²) in [6, 6.07) is 10.8. The molecule has 11 heteroatoms. The lowest BCUT2D eigenvalue weighted by molar-refractivity contribution is -0.145. The first kappa shape index (κ1) is 26.8. The third-order valence-electron chi connectivity index (χ3n) is 6.32. The van der Waals surface area contributed by atoms with Crippen LogP contribution in [0.3, 0.4) is 0 Å². The second kappa shape index (κ2) is 10.2. The average Bonchev–Trinajstić information content (AvgIpc) is 3.34. The molecule has 0 radical (unpaired) electrons. The SMILES string of the molecule is CN(C(=O)c1c(F)cccc1Cl)c1ccc(-c2cc(C(N)=O)ccc2Cl)cc1N1CCC[C@H]1C(F)(F)F. The maximum absolute atomic E-state index is 14.5. The van der Waals surface area contributed by atoms with E-state index >= 15 is 0 Å². The molecule has 0 aromatic heterocycles. The summed E-state index contributed by atoms with van der Waals surface area (Å²) in [6.45, 7) is 0.0815. The largest absolute Gasteiger partial charge is 0.408 e. The van der Waals surface area contributed by atoms with E-state index in [-0.39, 0.29) is 46.4 Å². The Kier molecular flexibility index (Phi) is 7.39. The van der Waals surface area contributed by atoms with Crippen molar-refractivity contribution < 1.29 is 27.2 Å². The molecule has 1 fully saturated rings. The quantitative estimate of drug-likeness (QED) is 0.357. The summed E-state index contributed by atoms with van der Waals surface area (Å²) in [5, 5.41) is 0.125. The zero-order valence-electron chi connectivity index (χ0n) is 19.5. The third kappa shape index (κ3) is 5.24. The lowest BCUT2D eigenvalue weighted by Gasteiger charge is -2.33. The summed E-state index contributed by atoms with van der Waals surface area (Å²) in [5.41, 5.74) is 6.15. The third-order valence-corrected chi connectivity index (χ3v) is 6.96. The zero-order valence-corrected chi connectivity index (χ0v) is 21.0. The van der Waals surface area contributed by atoms with Crippen LogP contribution in [0.1, 0.15) is 33.6 Å². The van der Waals surface area contributed by atoms with Crippen molar-refractivity contribution in [2.24, 2.45) is 5.73 Å². The fraction of sp³-hybridized carbons (Fsp3) is 0.231. The van der Waals surface area contributed by atoms with Crippen LogP contribution in [0.4, 0.5) is 28.9 Å². The Balaban J connectivity index is 1.88. The second-order valence-corrected chi connectivity index (χ2v) is 9.43. The van der Waals surface area contributed by atoms with E-state index in [1.165, 1.54) is 54.4 Å². The van der Waals surface area contributed by atoms with Gasteiger partial charge in [-0.25, -0.2) is 4.39 Å². The van der Waals surface area contributed by atoms with Gasteiger partial charge in [0.1, 0.15) is 11.9 Å². The van der Waals surface area contributed by atoms with Crippen molar-refractivity contribution >= 4 is 46.4 Å². The minimum atomic E-state index is -4.52. The van der Waals surface area contributed by atoms with E-state index in [1.54, 1.807) is 6.07 Å². The summed E-state index contributed by atoms with van der Waals surface area (Å²) >= 11 is 12.4. The molecule has 37 heavy (non-hydrogen) atoms. The summed E-state index contributed by atoms with van der Waals surface area (Å²) in [7, 11) is 1.34. The smallest absolute Gasteiger partial charge is 0.366 e. The van der Waals surface area contributed by atoms with Crippen LogP contribution in [0.5, 0.6) is 0 Å². The number of hydrogen-bond donors (Lipinski definition) is 1. The minimum Gasteiger partial charge on any atom is -0.366 e. The number of nitrogens with zero attached hydrogens (tertiary/aromatic N) is 2. The van der Waals surface area contributed by atoms with Gasteiger partial charge in [-0.15, -0.1) is 0 Å². The Bertz CT molecular complexity index is 1360. The van der Waals surface area contributed by atoms with Gasteiger partial charge in [-0.1, -0.05) is 35.3 Å². The highest BCUT2D eigenvalue weighted by Gasteiger charge is 2.46. The average molecular weight is 554 g/mol. The summed E-state index contributed by atoms with van der Waals surface area (Å²) in [5.74, 6) is -2.38. The molecule has 194 valence electrons. The standard InChI is InChI=1S/C26H21Cl2F4N3O2/c1-34(25(37)23-18(28)4-2-5-19(23)29)20-10-8-14(16-12-15(24(33)36)7-9-17(16)27)13-21(20)35-11-3-6-22(35)26(30,31)32/h2,4-5,7-10,12-13,22H,3,6,11H2,1H3,(H2,33,36)/t22-/m0/s1. The van der Waals surface area contributed by atoms with E-state index in [1.807, 2.05) is 0 Å². The van der Waals surface area contributed by atoms with E-state index in [0.29, 0.717) is 11.1 Å². The second-order valence-electron chi connectivity index (χ2n) is 8.62. The van der Waals surface area contributed by atoms with Gasteiger partial charge in [0.15, 0.2) is 0 Å². The number of primary amides is 1. The van der Waals surface area contributed by atoms with Gasteiger partial charge in [0.05, 0.1) is 22.0 Å². The van der Waals surface area contributed by atoms with Crippen molar-refractivity contribution in [2.75, 3.05) is 23.4 Å². The molecule has 3 aromatic carbocycles. The van der Waals surface area contributed by atoms with Crippen LogP contribution in [0.25, 0.3) is 11.1 Å². The highest BCUT2D eigenvalue weighted by Crippen LogP contribution is 2.43. The van der Waals surface area contributed by atoms with Gasteiger partial charge in [0.25, 0.3) is 5.91 Å². The number of nitrogens with two attached hydrogens (primary N) is 1. The highest BCUT2D eigenvalue weighted by atomic mass is 35.5. The Morgan fingerprint density at radius 3 is 2.43 bits per heavy atom. The molecule has 1 saturated heterocycles. The Labute approximate surface area is 220 Å². The van der Waals surface area contributed by atoms with Crippen LogP contribution in [0.15, 0.2) is 54.6 Å². The number of hydrogen-bond acceptors (Lipinski definition) is 3. The number of halogens is 6. The van der Waals surface area contributed by atoms with Gasteiger partial charge in [-0.3, -0.25) is 9.59 Å². The summed E-state index contributed by atoms with van der Waals surface area (Å²) in [6.07, 6.45) is -4.37. The number of carbonyl (C=O) groups excluding carboxylic acids is 2. The van der Waals surface area contributed by atoms with Crippen LogP contribution in [0, 0.1) is 5.82 Å². The monoisotopic (exact) mass is 553 g/mol. The van der Waals surface area contributed by atoms with Crippen LogP contribution < -0.4 is 15.5 Å². The van der Waals surface area contributed by atoms with Crippen molar-refractivity contribution in [1.29, 1.82) is 0 Å². The van der Waals surface area contributed by atoms with Gasteiger partial charge >= 0.3 is 6.18 Å². The maximum atomic E-state index is 14.5. The molecule has 2 amide bonds. The number of anilines is 2. The molecule has 0 saturated carbocycles. The van der Waals surface area contributed by atoms with Crippen LogP contribution in [-0.2, 0) is 0 Å². The number of carbonyl (C=O) groups is 2. The van der Waals surface area contributed by atoms with E-state index < -0.39 is 35.4 Å². The molecule has 0 bridgehead atoms. The first-order chi connectivity index (χ1) is 17.4. The van der Waals surface area contributed by atoms with Crippen molar-refractivity contribution in [1.82, 2.24) is 0 Å². The van der Waals surface area contributed by atoms with Crippen molar-refractivity contribution in [3.8, 4) is 11.1 Å². The van der Waals surface area contributed by atoms with Gasteiger partial charge < -0.3 is 15.5 Å². The lowest BCUT2D eigenvalue weighted by Crippen LogP contribution is -2.42. The number of alkyl halides is 3. The molecule has 1 aliphatic heterocycles. The minimum absolute atomic E-state index is 0.0815. The van der Waals surface area contributed by atoms with Gasteiger partial charge in [-0.2, -0.15) is 13.2 Å². The first-order valence-corrected chi connectivity index (χ1v) is 11.9. The normalized spacial score (nSPS) is 15.6. The van der Waals surface area contributed by atoms with E-state index in [2.05, 4.69) is 0 Å². The molecule has 5 nitrogen and oxygen atoms in total.